The summed E-state index contributed by atoms with van der Waals surface area (Å²) in [5, 5.41) is 0. The number of rotatable bonds is 6. The van der Waals surface area contributed by atoms with Gasteiger partial charge in [0.15, 0.2) is 0 Å². The Morgan fingerprint density at radius 3 is 2.56 bits per heavy atom. The van der Waals surface area contributed by atoms with Crippen LogP contribution in [0.15, 0.2) is 30.3 Å². The Bertz CT molecular complexity index is 352. The highest BCUT2D eigenvalue weighted by Crippen LogP contribution is 2.05. The molecule has 0 radical (unpaired) electrons. The van der Waals surface area contributed by atoms with Crippen molar-refractivity contribution in [2.45, 2.75) is 20.5 Å². The monoisotopic (exact) mass is 250 g/mol. The Morgan fingerprint density at radius 1 is 1.33 bits per heavy atom. The Hall–Kier alpha value is -1.55. The van der Waals surface area contributed by atoms with Gasteiger partial charge in [-0.05, 0) is 11.5 Å². The summed E-state index contributed by atoms with van der Waals surface area (Å²) < 4.78 is 5.28. The molecule has 1 aromatic rings. The number of hydrogen-bond acceptors (Lipinski definition) is 3. The van der Waals surface area contributed by atoms with Crippen molar-refractivity contribution in [3.63, 3.8) is 0 Å². The lowest BCUT2D eigenvalue weighted by Crippen LogP contribution is -2.38. The summed E-state index contributed by atoms with van der Waals surface area (Å²) in [7, 11) is 0. The topological polar surface area (TPSA) is 55.6 Å². The average Bonchev–Trinajstić information content (AvgIpc) is 2.36. The van der Waals surface area contributed by atoms with Crippen molar-refractivity contribution < 1.29 is 9.53 Å². The maximum absolute atomic E-state index is 11.9. The quantitative estimate of drug-likeness (QED) is 0.842. The molecular formula is C14H22N2O2. The molecule has 1 aromatic carbocycles. The fraction of sp³-hybridized carbons (Fsp3) is 0.500. The first kappa shape index (κ1) is 14.5. The standard InChI is InChI=1S/C14H22N2O2/c1-12(2)10-16(9-8-15)14(17)18-11-13-6-4-3-5-7-13/h3-7,12H,8-11,15H2,1-2H3. The molecule has 4 nitrogen and oxygen atoms in total. The second kappa shape index (κ2) is 7.71. The van der Waals surface area contributed by atoms with Crippen molar-refractivity contribution in [3.05, 3.63) is 35.9 Å². The van der Waals surface area contributed by atoms with Gasteiger partial charge >= 0.3 is 6.09 Å². The number of hydrogen-bond donors (Lipinski definition) is 1. The zero-order chi connectivity index (χ0) is 13.4. The van der Waals surface area contributed by atoms with E-state index in [0.29, 0.717) is 32.2 Å². The zero-order valence-electron chi connectivity index (χ0n) is 11.1. The van der Waals surface area contributed by atoms with Gasteiger partial charge in [-0.3, -0.25) is 0 Å². The molecule has 2 N–H and O–H groups in total. The lowest BCUT2D eigenvalue weighted by molar-refractivity contribution is 0.0931. The molecule has 0 aliphatic rings. The van der Waals surface area contributed by atoms with Gasteiger partial charge in [0.05, 0.1) is 0 Å². The summed E-state index contributed by atoms with van der Waals surface area (Å²) in [6, 6.07) is 9.65. The van der Waals surface area contributed by atoms with Crippen LogP contribution in [0.5, 0.6) is 0 Å². The van der Waals surface area contributed by atoms with Crippen molar-refractivity contribution in [1.82, 2.24) is 4.90 Å². The predicted octanol–water partition coefficient (Wildman–Crippen LogP) is 2.24. The molecule has 1 rings (SSSR count). The van der Waals surface area contributed by atoms with Gasteiger partial charge in [0.1, 0.15) is 6.61 Å². The molecule has 0 aromatic heterocycles. The molecule has 0 heterocycles. The summed E-state index contributed by atoms with van der Waals surface area (Å²) in [5.74, 6) is 0.404. The molecule has 0 saturated carbocycles. The van der Waals surface area contributed by atoms with Crippen LogP contribution in [0.4, 0.5) is 4.79 Å². The highest BCUT2D eigenvalue weighted by Gasteiger charge is 2.15. The molecule has 4 heteroatoms. The van der Waals surface area contributed by atoms with Crippen LogP contribution in [0.1, 0.15) is 19.4 Å². The molecule has 0 saturated heterocycles. The largest absolute Gasteiger partial charge is 0.445 e. The van der Waals surface area contributed by atoms with Crippen molar-refractivity contribution in [2.75, 3.05) is 19.6 Å². The fourth-order valence-electron chi connectivity index (χ4n) is 1.66. The maximum Gasteiger partial charge on any atom is 0.410 e. The SMILES string of the molecule is CC(C)CN(CCN)C(=O)OCc1ccccc1. The van der Waals surface area contributed by atoms with E-state index >= 15 is 0 Å². The number of nitrogens with two attached hydrogens (primary N) is 1. The van der Waals surface area contributed by atoms with E-state index in [1.807, 2.05) is 30.3 Å². The number of ether oxygens (including phenoxy) is 1. The second-order valence-electron chi connectivity index (χ2n) is 4.67. The van der Waals surface area contributed by atoms with Crippen molar-refractivity contribution in [3.8, 4) is 0 Å². The van der Waals surface area contributed by atoms with Crippen molar-refractivity contribution in [1.29, 1.82) is 0 Å². The summed E-state index contributed by atoms with van der Waals surface area (Å²) in [5.41, 5.74) is 6.49. The highest BCUT2D eigenvalue weighted by molar-refractivity contribution is 5.67. The first-order valence-corrected chi connectivity index (χ1v) is 6.29. The van der Waals surface area contributed by atoms with Crippen LogP contribution in [-0.4, -0.2) is 30.6 Å². The summed E-state index contributed by atoms with van der Waals surface area (Å²) in [6.07, 6.45) is -0.294. The molecule has 0 unspecified atom stereocenters. The maximum atomic E-state index is 11.9. The molecule has 0 spiro atoms. The first-order valence-electron chi connectivity index (χ1n) is 6.29. The summed E-state index contributed by atoms with van der Waals surface area (Å²) in [6.45, 7) is 6.09. The predicted molar refractivity (Wildman–Crippen MR) is 72.1 cm³/mol. The number of amides is 1. The number of benzene rings is 1. The van der Waals surface area contributed by atoms with E-state index in [4.69, 9.17) is 10.5 Å². The fourth-order valence-corrected chi connectivity index (χ4v) is 1.66. The van der Waals surface area contributed by atoms with Crippen LogP contribution in [-0.2, 0) is 11.3 Å². The van der Waals surface area contributed by atoms with Gasteiger partial charge < -0.3 is 15.4 Å². The Balaban J connectivity index is 2.46. The van der Waals surface area contributed by atoms with E-state index in [0.717, 1.165) is 5.56 Å². The minimum Gasteiger partial charge on any atom is -0.445 e. The van der Waals surface area contributed by atoms with Crippen molar-refractivity contribution in [2.24, 2.45) is 11.7 Å². The molecular weight excluding hydrogens is 228 g/mol. The lowest BCUT2D eigenvalue weighted by atomic mass is 10.2. The van der Waals surface area contributed by atoms with E-state index in [1.54, 1.807) is 4.90 Å². The molecule has 0 atom stereocenters. The molecule has 100 valence electrons. The average molecular weight is 250 g/mol. The van der Waals surface area contributed by atoms with Gasteiger partial charge in [-0.15, -0.1) is 0 Å². The van der Waals surface area contributed by atoms with E-state index in [2.05, 4.69) is 13.8 Å². The van der Waals surface area contributed by atoms with Crippen LogP contribution in [0.2, 0.25) is 0 Å². The molecule has 18 heavy (non-hydrogen) atoms. The van der Waals surface area contributed by atoms with Crippen LogP contribution >= 0.6 is 0 Å². The third-order valence-electron chi connectivity index (χ3n) is 2.45. The molecule has 0 aliphatic heterocycles. The highest BCUT2D eigenvalue weighted by atomic mass is 16.6. The van der Waals surface area contributed by atoms with Gasteiger partial charge in [0, 0.05) is 19.6 Å². The zero-order valence-corrected chi connectivity index (χ0v) is 11.1. The van der Waals surface area contributed by atoms with E-state index < -0.39 is 0 Å². The minimum absolute atomic E-state index is 0.294. The van der Waals surface area contributed by atoms with Gasteiger partial charge in [0.2, 0.25) is 0 Å². The van der Waals surface area contributed by atoms with Crippen LogP contribution < -0.4 is 5.73 Å². The smallest absolute Gasteiger partial charge is 0.410 e. The third kappa shape index (κ3) is 5.19. The van der Waals surface area contributed by atoms with Gasteiger partial charge in [-0.2, -0.15) is 0 Å². The van der Waals surface area contributed by atoms with E-state index in [9.17, 15) is 4.79 Å². The molecule has 0 aliphatic carbocycles. The Kier molecular flexibility index (Phi) is 6.22. The number of carbonyl (C=O) groups excluding carboxylic acids is 1. The molecule has 1 amide bonds. The normalized spacial score (nSPS) is 10.4. The third-order valence-corrected chi connectivity index (χ3v) is 2.45. The Labute approximate surface area is 109 Å². The van der Waals surface area contributed by atoms with Gasteiger partial charge in [0.25, 0.3) is 0 Å². The first-order chi connectivity index (χ1) is 8.63. The van der Waals surface area contributed by atoms with Gasteiger partial charge in [-0.1, -0.05) is 44.2 Å². The molecule has 0 bridgehead atoms. The number of carbonyl (C=O) groups is 1. The van der Waals surface area contributed by atoms with Crippen LogP contribution in [0.3, 0.4) is 0 Å². The second-order valence-corrected chi connectivity index (χ2v) is 4.67. The van der Waals surface area contributed by atoms with Crippen LogP contribution in [0.25, 0.3) is 0 Å². The summed E-state index contributed by atoms with van der Waals surface area (Å²) in [4.78, 5) is 13.6. The van der Waals surface area contributed by atoms with Crippen LogP contribution in [0, 0.1) is 5.92 Å². The Morgan fingerprint density at radius 2 is 2.00 bits per heavy atom. The van der Waals surface area contributed by atoms with Crippen molar-refractivity contribution >= 4 is 6.09 Å². The minimum atomic E-state index is -0.294. The lowest BCUT2D eigenvalue weighted by Gasteiger charge is -2.23. The van der Waals surface area contributed by atoms with Gasteiger partial charge in [-0.25, -0.2) is 4.79 Å². The summed E-state index contributed by atoms with van der Waals surface area (Å²) >= 11 is 0. The van der Waals surface area contributed by atoms with E-state index in [1.165, 1.54) is 0 Å². The number of nitrogens with zero attached hydrogens (tertiary/aromatic N) is 1. The van der Waals surface area contributed by atoms with E-state index in [-0.39, 0.29) is 6.09 Å². The molecule has 0 fully saturated rings.